The van der Waals surface area contributed by atoms with Gasteiger partial charge in [-0.15, -0.1) is 0 Å². The van der Waals surface area contributed by atoms with E-state index in [-0.39, 0.29) is 31.1 Å². The van der Waals surface area contributed by atoms with Gasteiger partial charge in [-0.25, -0.2) is 14.6 Å². The van der Waals surface area contributed by atoms with Gasteiger partial charge in [0, 0.05) is 13.3 Å². The Bertz CT molecular complexity index is 728. The van der Waals surface area contributed by atoms with E-state index in [1.807, 2.05) is 36.4 Å². The minimum Gasteiger partial charge on any atom is -0.458 e. The Morgan fingerprint density at radius 1 is 1.00 bits per heavy atom. The summed E-state index contributed by atoms with van der Waals surface area (Å²) in [5, 5.41) is 0. The highest BCUT2D eigenvalue weighted by molar-refractivity contribution is 6.01. The van der Waals surface area contributed by atoms with Gasteiger partial charge in [0.25, 0.3) is 0 Å². The Kier molecular flexibility index (Phi) is 7.34. The Morgan fingerprint density at radius 2 is 1.80 bits per heavy atom. The molecule has 0 saturated carbocycles. The fourth-order valence-corrected chi connectivity index (χ4v) is 1.97. The normalized spacial score (nSPS) is 10.6. The average molecular weight is 341 g/mol. The Balaban J connectivity index is 1.95. The summed E-state index contributed by atoms with van der Waals surface area (Å²) in [5.41, 5.74) is 0.996. The maximum absolute atomic E-state index is 12.2. The monoisotopic (exact) mass is 341 g/mol. The molecule has 25 heavy (non-hydrogen) atoms. The molecule has 0 amide bonds. The van der Waals surface area contributed by atoms with Crippen molar-refractivity contribution in [3.8, 4) is 0 Å². The average Bonchev–Trinajstić information content (AvgIpc) is 2.66. The van der Waals surface area contributed by atoms with E-state index in [0.717, 1.165) is 5.56 Å². The molecule has 0 aliphatic carbocycles. The molecular formula is C19H19NO5. The third-order valence-corrected chi connectivity index (χ3v) is 3.16. The van der Waals surface area contributed by atoms with Crippen LogP contribution in [-0.2, 0) is 14.2 Å². The van der Waals surface area contributed by atoms with Crippen LogP contribution < -0.4 is 0 Å². The molecule has 6 heteroatoms. The number of benzene rings is 1. The largest absolute Gasteiger partial charge is 0.458 e. The van der Waals surface area contributed by atoms with Crippen molar-refractivity contribution in [1.82, 2.24) is 4.98 Å². The predicted octanol–water partition coefficient (Wildman–Crippen LogP) is 2.76. The van der Waals surface area contributed by atoms with Gasteiger partial charge in [-0.3, -0.25) is 0 Å². The zero-order valence-corrected chi connectivity index (χ0v) is 13.9. The lowest BCUT2D eigenvalue weighted by Crippen LogP contribution is -2.17. The highest BCUT2D eigenvalue weighted by Gasteiger charge is 2.20. The van der Waals surface area contributed by atoms with Gasteiger partial charge in [0.1, 0.15) is 13.2 Å². The summed E-state index contributed by atoms with van der Waals surface area (Å²) in [6.45, 7) is 0.434. The molecular weight excluding hydrogens is 322 g/mol. The van der Waals surface area contributed by atoms with E-state index in [9.17, 15) is 9.59 Å². The van der Waals surface area contributed by atoms with Crippen molar-refractivity contribution in [1.29, 1.82) is 0 Å². The number of hydrogen-bond donors (Lipinski definition) is 0. The number of hydrogen-bond acceptors (Lipinski definition) is 6. The number of carbonyl (C=O) groups excluding carboxylic acids is 2. The van der Waals surface area contributed by atoms with Gasteiger partial charge in [0.15, 0.2) is 5.69 Å². The number of methoxy groups -OCH3 is 1. The maximum atomic E-state index is 12.2. The first-order chi connectivity index (χ1) is 12.2. The van der Waals surface area contributed by atoms with E-state index in [4.69, 9.17) is 14.2 Å². The molecule has 2 rings (SSSR count). The SMILES string of the molecule is COCCOC(=O)c1ncccc1C(=O)OC/C=C/c1ccccc1. The van der Waals surface area contributed by atoms with Crippen molar-refractivity contribution in [2.45, 2.75) is 0 Å². The first-order valence-corrected chi connectivity index (χ1v) is 7.72. The summed E-state index contributed by atoms with van der Waals surface area (Å²) >= 11 is 0. The van der Waals surface area contributed by atoms with Crippen LogP contribution in [0.1, 0.15) is 26.4 Å². The van der Waals surface area contributed by atoms with Crippen molar-refractivity contribution in [2.75, 3.05) is 26.9 Å². The smallest absolute Gasteiger partial charge is 0.357 e. The molecule has 0 aliphatic heterocycles. The van der Waals surface area contributed by atoms with Gasteiger partial charge in [0.2, 0.25) is 0 Å². The van der Waals surface area contributed by atoms with Crippen LogP contribution in [-0.4, -0.2) is 43.9 Å². The lowest BCUT2D eigenvalue weighted by Gasteiger charge is -2.08. The van der Waals surface area contributed by atoms with Crippen molar-refractivity contribution < 1.29 is 23.8 Å². The molecule has 130 valence electrons. The highest BCUT2D eigenvalue weighted by atomic mass is 16.6. The second kappa shape index (κ2) is 10.00. The first-order valence-electron chi connectivity index (χ1n) is 7.72. The highest BCUT2D eigenvalue weighted by Crippen LogP contribution is 2.09. The van der Waals surface area contributed by atoms with E-state index in [2.05, 4.69) is 4.98 Å². The molecule has 1 aromatic heterocycles. The molecule has 0 bridgehead atoms. The van der Waals surface area contributed by atoms with Crippen LogP contribution in [0.4, 0.5) is 0 Å². The lowest BCUT2D eigenvalue weighted by atomic mass is 10.2. The summed E-state index contributed by atoms with van der Waals surface area (Å²) in [6, 6.07) is 12.7. The summed E-state index contributed by atoms with van der Waals surface area (Å²) in [5.74, 6) is -1.33. The van der Waals surface area contributed by atoms with Crippen LogP contribution in [0.15, 0.2) is 54.7 Å². The fourth-order valence-electron chi connectivity index (χ4n) is 1.97. The molecule has 0 spiro atoms. The lowest BCUT2D eigenvalue weighted by molar-refractivity contribution is 0.0369. The van der Waals surface area contributed by atoms with E-state index >= 15 is 0 Å². The Labute approximate surface area is 146 Å². The fraction of sp³-hybridized carbons (Fsp3) is 0.211. The second-order valence-corrected chi connectivity index (χ2v) is 4.94. The molecule has 0 unspecified atom stereocenters. The molecule has 0 radical (unpaired) electrons. The van der Waals surface area contributed by atoms with Crippen LogP contribution in [0.3, 0.4) is 0 Å². The number of ether oxygens (including phenoxy) is 3. The number of carbonyl (C=O) groups is 2. The first kappa shape index (κ1) is 18.4. The van der Waals surface area contributed by atoms with E-state index < -0.39 is 11.9 Å². The van der Waals surface area contributed by atoms with Gasteiger partial charge < -0.3 is 14.2 Å². The van der Waals surface area contributed by atoms with Crippen LogP contribution in [0.5, 0.6) is 0 Å². The number of aromatic nitrogens is 1. The molecule has 0 atom stereocenters. The van der Waals surface area contributed by atoms with E-state index in [1.165, 1.54) is 19.4 Å². The molecule has 0 N–H and O–H groups in total. The van der Waals surface area contributed by atoms with Gasteiger partial charge in [0.05, 0.1) is 12.2 Å². The number of nitrogens with zero attached hydrogens (tertiary/aromatic N) is 1. The third-order valence-electron chi connectivity index (χ3n) is 3.16. The molecule has 1 aromatic carbocycles. The Morgan fingerprint density at radius 3 is 2.56 bits per heavy atom. The standard InChI is InChI=1S/C19H19NO5/c1-23-13-14-25-19(22)17-16(10-5-11-20-17)18(21)24-12-6-9-15-7-3-2-4-8-15/h2-11H,12-14H2,1H3/b9-6+. The topological polar surface area (TPSA) is 74.7 Å². The van der Waals surface area contributed by atoms with Crippen LogP contribution in [0, 0.1) is 0 Å². The Hall–Kier alpha value is -2.99. The van der Waals surface area contributed by atoms with Gasteiger partial charge in [-0.05, 0) is 23.8 Å². The predicted molar refractivity (Wildman–Crippen MR) is 92.2 cm³/mol. The van der Waals surface area contributed by atoms with Crippen LogP contribution >= 0.6 is 0 Å². The quantitative estimate of drug-likeness (QED) is 0.543. The number of pyridine rings is 1. The zero-order valence-electron chi connectivity index (χ0n) is 13.9. The van der Waals surface area contributed by atoms with Crippen molar-refractivity contribution >= 4 is 18.0 Å². The zero-order chi connectivity index (χ0) is 17.9. The van der Waals surface area contributed by atoms with Crippen molar-refractivity contribution in [3.63, 3.8) is 0 Å². The van der Waals surface area contributed by atoms with E-state index in [0.29, 0.717) is 0 Å². The number of esters is 2. The minimum atomic E-state index is -0.690. The summed E-state index contributed by atoms with van der Waals surface area (Å²) in [7, 11) is 1.50. The van der Waals surface area contributed by atoms with Gasteiger partial charge >= 0.3 is 11.9 Å². The molecule has 6 nitrogen and oxygen atoms in total. The minimum absolute atomic E-state index is 0.0676. The molecule has 1 heterocycles. The molecule has 0 aliphatic rings. The summed E-state index contributed by atoms with van der Waals surface area (Å²) in [4.78, 5) is 28.1. The summed E-state index contributed by atoms with van der Waals surface area (Å²) < 4.78 is 15.0. The van der Waals surface area contributed by atoms with E-state index in [1.54, 1.807) is 12.1 Å². The van der Waals surface area contributed by atoms with Gasteiger partial charge in [-0.1, -0.05) is 36.4 Å². The van der Waals surface area contributed by atoms with Crippen LogP contribution in [0.25, 0.3) is 6.08 Å². The third kappa shape index (κ3) is 5.86. The van der Waals surface area contributed by atoms with Gasteiger partial charge in [-0.2, -0.15) is 0 Å². The second-order valence-electron chi connectivity index (χ2n) is 4.94. The van der Waals surface area contributed by atoms with Crippen LogP contribution in [0.2, 0.25) is 0 Å². The molecule has 0 saturated heterocycles. The number of rotatable bonds is 8. The summed E-state index contributed by atoms with van der Waals surface area (Å²) in [6.07, 6.45) is 4.98. The maximum Gasteiger partial charge on any atom is 0.357 e. The molecule has 0 fully saturated rings. The van der Waals surface area contributed by atoms with Crippen molar-refractivity contribution in [2.24, 2.45) is 0 Å². The molecule has 2 aromatic rings. The van der Waals surface area contributed by atoms with Crippen molar-refractivity contribution in [3.05, 3.63) is 71.6 Å².